The lowest BCUT2D eigenvalue weighted by Gasteiger charge is -2.37. The van der Waals surface area contributed by atoms with E-state index in [1.165, 1.54) is 11.8 Å². The third-order valence-corrected chi connectivity index (χ3v) is 8.42. The molecule has 32 heavy (non-hydrogen) atoms. The van der Waals surface area contributed by atoms with Gasteiger partial charge in [-0.25, -0.2) is 0 Å². The van der Waals surface area contributed by atoms with Crippen molar-refractivity contribution in [2.24, 2.45) is 0 Å². The first-order valence-electron chi connectivity index (χ1n) is 10.7. The number of carbonyl (C=O) groups is 2. The van der Waals surface area contributed by atoms with Gasteiger partial charge in [0.2, 0.25) is 12.0 Å². The number of unbranched alkanes of at least 4 members (excludes halogenated alkanes) is 1. The summed E-state index contributed by atoms with van der Waals surface area (Å²) >= 11 is 4.69. The van der Waals surface area contributed by atoms with Crippen LogP contribution in [0.3, 0.4) is 0 Å². The Bertz CT molecular complexity index is 933. The number of ether oxygens (including phenoxy) is 2. The van der Waals surface area contributed by atoms with Crippen LogP contribution in [0.25, 0.3) is 0 Å². The molecular formula is C21H26N4O4S3. The normalized spacial score (nSPS) is 18.0. The third-order valence-electron chi connectivity index (χ3n) is 5.16. The molecule has 1 fully saturated rings. The molecule has 1 atom stereocenters. The summed E-state index contributed by atoms with van der Waals surface area (Å²) in [6.45, 7) is 4.39. The van der Waals surface area contributed by atoms with Gasteiger partial charge in [-0.1, -0.05) is 60.3 Å². The topological polar surface area (TPSA) is 84.9 Å². The highest BCUT2D eigenvalue weighted by atomic mass is 32.2. The minimum Gasteiger partial charge on any atom is -0.485 e. The fraction of sp³-hybridized carbons (Fsp3) is 0.524. The van der Waals surface area contributed by atoms with Crippen LogP contribution in [0.1, 0.15) is 19.8 Å². The van der Waals surface area contributed by atoms with E-state index < -0.39 is 6.10 Å². The maximum atomic E-state index is 12.8. The number of rotatable bonds is 8. The molecule has 0 aliphatic carbocycles. The lowest BCUT2D eigenvalue weighted by atomic mass is 10.2. The van der Waals surface area contributed by atoms with Crippen molar-refractivity contribution >= 4 is 46.7 Å². The fourth-order valence-electron chi connectivity index (χ4n) is 3.35. The van der Waals surface area contributed by atoms with Crippen LogP contribution in [-0.2, 0) is 9.59 Å². The molecule has 2 aromatic rings. The molecule has 0 unspecified atom stereocenters. The second-order valence-corrected chi connectivity index (χ2v) is 10.9. The molecule has 3 heterocycles. The molecule has 172 valence electrons. The smallest absolute Gasteiger partial charge is 0.267 e. The largest absolute Gasteiger partial charge is 0.485 e. The van der Waals surface area contributed by atoms with Crippen LogP contribution >= 0.6 is 34.9 Å². The van der Waals surface area contributed by atoms with Gasteiger partial charge >= 0.3 is 0 Å². The molecule has 2 aliphatic heterocycles. The summed E-state index contributed by atoms with van der Waals surface area (Å²) in [5, 5.41) is 8.36. The number of benzene rings is 1. The number of carbonyl (C=O) groups excluding carboxylic acids is 2. The second kappa shape index (κ2) is 11.2. The summed E-state index contributed by atoms with van der Waals surface area (Å²) in [6, 6.07) is 7.35. The Kier molecular flexibility index (Phi) is 8.15. The van der Waals surface area contributed by atoms with Gasteiger partial charge < -0.3 is 19.3 Å². The number of hydrogen-bond donors (Lipinski definition) is 0. The lowest BCUT2D eigenvalue weighted by molar-refractivity contribution is -0.145. The molecule has 1 saturated heterocycles. The molecule has 0 N–H and O–H groups in total. The van der Waals surface area contributed by atoms with Crippen LogP contribution in [0.2, 0.25) is 0 Å². The highest BCUT2D eigenvalue weighted by molar-refractivity contribution is 8.03. The number of amides is 2. The van der Waals surface area contributed by atoms with Crippen LogP contribution in [0, 0.1) is 0 Å². The zero-order chi connectivity index (χ0) is 22.3. The van der Waals surface area contributed by atoms with E-state index in [4.69, 9.17) is 9.47 Å². The second-order valence-electron chi connectivity index (χ2n) is 7.39. The third kappa shape index (κ3) is 5.87. The van der Waals surface area contributed by atoms with Gasteiger partial charge in [-0.3, -0.25) is 9.59 Å². The fourth-order valence-corrected chi connectivity index (χ4v) is 6.43. The van der Waals surface area contributed by atoms with Crippen molar-refractivity contribution in [3.63, 3.8) is 0 Å². The number of aromatic nitrogens is 2. The molecule has 2 amide bonds. The van der Waals surface area contributed by atoms with E-state index in [0.717, 1.165) is 27.3 Å². The molecule has 0 saturated carbocycles. The van der Waals surface area contributed by atoms with Gasteiger partial charge in [-0.2, -0.15) is 0 Å². The highest BCUT2D eigenvalue weighted by Gasteiger charge is 2.33. The first kappa shape index (κ1) is 23.2. The van der Waals surface area contributed by atoms with Crippen LogP contribution in [0.4, 0.5) is 0 Å². The Morgan fingerprint density at radius 2 is 1.75 bits per heavy atom. The molecule has 0 spiro atoms. The summed E-state index contributed by atoms with van der Waals surface area (Å²) in [5.74, 6) is 2.59. The average molecular weight is 495 g/mol. The summed E-state index contributed by atoms with van der Waals surface area (Å²) in [4.78, 5) is 29.0. The van der Waals surface area contributed by atoms with Crippen molar-refractivity contribution in [1.29, 1.82) is 0 Å². The van der Waals surface area contributed by atoms with E-state index in [9.17, 15) is 9.59 Å². The van der Waals surface area contributed by atoms with Crippen LogP contribution in [0.15, 0.2) is 32.9 Å². The van der Waals surface area contributed by atoms with Crippen molar-refractivity contribution in [2.75, 3.05) is 44.3 Å². The number of fused-ring (bicyclic) bond motifs is 1. The summed E-state index contributed by atoms with van der Waals surface area (Å²) in [5.41, 5.74) is 0. The first-order chi connectivity index (χ1) is 15.6. The van der Waals surface area contributed by atoms with Crippen molar-refractivity contribution in [2.45, 2.75) is 34.5 Å². The van der Waals surface area contributed by atoms with Crippen molar-refractivity contribution in [3.8, 4) is 11.5 Å². The van der Waals surface area contributed by atoms with Gasteiger partial charge in [-0.15, -0.1) is 10.2 Å². The molecule has 1 aromatic carbocycles. The van der Waals surface area contributed by atoms with Crippen LogP contribution in [-0.4, -0.2) is 82.2 Å². The predicted molar refractivity (Wildman–Crippen MR) is 126 cm³/mol. The van der Waals surface area contributed by atoms with Gasteiger partial charge in [-0.05, 0) is 18.6 Å². The first-order valence-corrected chi connectivity index (χ1v) is 13.5. The van der Waals surface area contributed by atoms with Crippen molar-refractivity contribution in [1.82, 2.24) is 20.0 Å². The van der Waals surface area contributed by atoms with E-state index in [2.05, 4.69) is 17.1 Å². The molecule has 0 radical (unpaired) electrons. The van der Waals surface area contributed by atoms with E-state index in [1.54, 1.807) is 34.1 Å². The van der Waals surface area contributed by atoms with E-state index in [-0.39, 0.29) is 18.4 Å². The number of hydrogen-bond acceptors (Lipinski definition) is 9. The summed E-state index contributed by atoms with van der Waals surface area (Å²) < 4.78 is 13.3. The summed E-state index contributed by atoms with van der Waals surface area (Å²) in [7, 11) is 0. The minimum atomic E-state index is -0.649. The standard InChI is InChI=1S/C21H26N4O4S3/c1-2-3-12-30-20-22-23-21(32-20)31-14-18(26)24-8-10-25(11-9-24)19(27)17-13-28-15-6-4-5-7-16(15)29-17/h4-7,17H,2-3,8-14H2,1H3/t17-/m0/s1. The number of piperazine rings is 1. The predicted octanol–water partition coefficient (Wildman–Crippen LogP) is 3.03. The highest BCUT2D eigenvalue weighted by Crippen LogP contribution is 2.32. The van der Waals surface area contributed by atoms with E-state index in [0.29, 0.717) is 43.4 Å². The molecule has 1 aromatic heterocycles. The van der Waals surface area contributed by atoms with Crippen LogP contribution < -0.4 is 9.47 Å². The Hall–Kier alpha value is -1.98. The number of thioether (sulfide) groups is 2. The Balaban J connectivity index is 1.20. The quantitative estimate of drug-likeness (QED) is 0.409. The van der Waals surface area contributed by atoms with Gasteiger partial charge in [0.05, 0.1) is 5.75 Å². The van der Waals surface area contributed by atoms with Crippen molar-refractivity contribution < 1.29 is 19.1 Å². The Morgan fingerprint density at radius 3 is 2.50 bits per heavy atom. The Morgan fingerprint density at radius 1 is 1.06 bits per heavy atom. The molecular weight excluding hydrogens is 468 g/mol. The monoisotopic (exact) mass is 494 g/mol. The molecule has 11 heteroatoms. The molecule has 4 rings (SSSR count). The zero-order valence-electron chi connectivity index (χ0n) is 17.9. The number of para-hydroxylation sites is 2. The van der Waals surface area contributed by atoms with E-state index >= 15 is 0 Å². The van der Waals surface area contributed by atoms with Gasteiger partial charge in [0, 0.05) is 31.9 Å². The maximum Gasteiger partial charge on any atom is 0.267 e. The van der Waals surface area contributed by atoms with Crippen molar-refractivity contribution in [3.05, 3.63) is 24.3 Å². The molecule has 0 bridgehead atoms. The number of nitrogens with zero attached hydrogens (tertiary/aromatic N) is 4. The Labute approximate surface area is 200 Å². The van der Waals surface area contributed by atoms with Gasteiger partial charge in [0.1, 0.15) is 6.61 Å². The molecule has 8 nitrogen and oxygen atoms in total. The van der Waals surface area contributed by atoms with Gasteiger partial charge in [0.25, 0.3) is 5.91 Å². The van der Waals surface area contributed by atoms with Gasteiger partial charge in [0.15, 0.2) is 20.2 Å². The lowest BCUT2D eigenvalue weighted by Crippen LogP contribution is -2.55. The zero-order valence-corrected chi connectivity index (χ0v) is 20.3. The summed E-state index contributed by atoms with van der Waals surface area (Å²) in [6.07, 6.45) is 1.67. The average Bonchev–Trinajstić information content (AvgIpc) is 3.30. The van der Waals surface area contributed by atoms with Crippen LogP contribution in [0.5, 0.6) is 11.5 Å². The van der Waals surface area contributed by atoms with E-state index in [1.807, 2.05) is 23.1 Å². The minimum absolute atomic E-state index is 0.0589. The maximum absolute atomic E-state index is 12.8. The molecule has 2 aliphatic rings. The SMILES string of the molecule is CCCCSc1nnc(SCC(=O)N2CCN(C(=O)[C@@H]3COc4ccccc4O3)CC2)s1.